The second-order valence-electron chi connectivity index (χ2n) is 8.20. The number of ether oxygens (including phenoxy) is 2. The van der Waals surface area contributed by atoms with Crippen LogP contribution in [0, 0.1) is 5.92 Å². The van der Waals surface area contributed by atoms with Gasteiger partial charge < -0.3 is 19.7 Å². The van der Waals surface area contributed by atoms with Crippen molar-refractivity contribution in [3.05, 3.63) is 29.3 Å². The summed E-state index contributed by atoms with van der Waals surface area (Å²) in [5.74, 6) is 0.356. The molecular formula is C25H39N3O6. The highest BCUT2D eigenvalue weighted by Gasteiger charge is 2.39. The second-order valence-corrected chi connectivity index (χ2v) is 8.20. The molecule has 0 radical (unpaired) electrons. The van der Waals surface area contributed by atoms with E-state index in [0.29, 0.717) is 44.1 Å². The number of rotatable bonds is 10. The predicted molar refractivity (Wildman–Crippen MR) is 129 cm³/mol. The third-order valence-electron chi connectivity index (χ3n) is 5.08. The number of amides is 3. The van der Waals surface area contributed by atoms with Gasteiger partial charge >= 0.3 is 0 Å². The summed E-state index contributed by atoms with van der Waals surface area (Å²) in [6.07, 6.45) is 2.64. The molecule has 2 heterocycles. The zero-order chi connectivity index (χ0) is 25.5. The lowest BCUT2D eigenvalue weighted by Crippen LogP contribution is -2.52. The van der Waals surface area contributed by atoms with E-state index in [1.807, 2.05) is 40.8 Å². The highest BCUT2D eigenvalue weighted by atomic mass is 16.5. The van der Waals surface area contributed by atoms with Gasteiger partial charge in [-0.1, -0.05) is 27.7 Å². The number of hydrogen-bond donors (Lipinski definition) is 2. The Kier molecular flexibility index (Phi) is 13.5. The molecule has 0 spiro atoms. The van der Waals surface area contributed by atoms with Gasteiger partial charge in [0, 0.05) is 18.5 Å². The van der Waals surface area contributed by atoms with Crippen LogP contribution in [0.4, 0.5) is 0 Å². The van der Waals surface area contributed by atoms with Crippen molar-refractivity contribution < 1.29 is 28.7 Å². The first-order valence-electron chi connectivity index (χ1n) is 12.0. The Labute approximate surface area is 202 Å². The fourth-order valence-corrected chi connectivity index (χ4v) is 3.47. The molecule has 0 bridgehead atoms. The number of unbranched alkanes of at least 4 members (excludes halogenated alkanes) is 1. The van der Waals surface area contributed by atoms with Crippen LogP contribution in [-0.4, -0.2) is 61.9 Å². The molecule has 0 aliphatic carbocycles. The Balaban J connectivity index is 0.000000553. The Bertz CT molecular complexity index is 812. The quantitative estimate of drug-likeness (QED) is 0.302. The Morgan fingerprint density at radius 3 is 2.53 bits per heavy atom. The molecule has 9 heteroatoms. The van der Waals surface area contributed by atoms with Gasteiger partial charge in [0.1, 0.15) is 11.8 Å². The molecule has 0 saturated carbocycles. The third-order valence-corrected chi connectivity index (χ3v) is 5.08. The van der Waals surface area contributed by atoms with Crippen LogP contribution in [0.2, 0.25) is 0 Å². The summed E-state index contributed by atoms with van der Waals surface area (Å²) in [5, 5.41) is 5.40. The highest BCUT2D eigenvalue weighted by molar-refractivity contribution is 6.05. The summed E-state index contributed by atoms with van der Waals surface area (Å²) in [4.78, 5) is 46.9. The number of nitrogens with one attached hydrogen (secondary N) is 2. The van der Waals surface area contributed by atoms with E-state index in [4.69, 9.17) is 4.74 Å². The van der Waals surface area contributed by atoms with Crippen LogP contribution < -0.4 is 15.4 Å². The molecule has 0 aromatic heterocycles. The number of carbonyl (C=O) groups is 4. The average molecular weight is 478 g/mol. The van der Waals surface area contributed by atoms with Gasteiger partial charge in [0.15, 0.2) is 0 Å². The van der Waals surface area contributed by atoms with E-state index in [1.165, 1.54) is 0 Å². The van der Waals surface area contributed by atoms with Crippen molar-refractivity contribution in [3.8, 4) is 5.75 Å². The van der Waals surface area contributed by atoms with E-state index in [2.05, 4.69) is 15.4 Å². The average Bonchev–Trinajstić information content (AvgIpc) is 3.14. The molecule has 9 nitrogen and oxygen atoms in total. The van der Waals surface area contributed by atoms with E-state index in [0.717, 1.165) is 30.7 Å². The van der Waals surface area contributed by atoms with Gasteiger partial charge in [0.2, 0.25) is 11.8 Å². The Morgan fingerprint density at radius 1 is 1.21 bits per heavy atom. The molecule has 3 rings (SSSR count). The molecule has 1 aromatic rings. The first kappa shape index (κ1) is 29.1. The molecule has 1 atom stereocenters. The van der Waals surface area contributed by atoms with Gasteiger partial charge in [0.05, 0.1) is 13.2 Å². The normalized spacial score (nSPS) is 16.6. The molecule has 2 aliphatic rings. The maximum absolute atomic E-state index is 12.6. The third kappa shape index (κ3) is 9.13. The van der Waals surface area contributed by atoms with E-state index in [-0.39, 0.29) is 18.2 Å². The molecule has 1 aromatic carbocycles. The fourth-order valence-electron chi connectivity index (χ4n) is 3.47. The van der Waals surface area contributed by atoms with Crippen molar-refractivity contribution in [2.45, 2.75) is 66.0 Å². The SMILES string of the molecule is CC.CC(C)COC=O.CNCCCCOc1ccc2c(c1)CN(C1CCC(=O)NC1=O)C2=O. The van der Waals surface area contributed by atoms with Crippen LogP contribution in [0.1, 0.15) is 69.3 Å². The van der Waals surface area contributed by atoms with Crippen LogP contribution in [0.15, 0.2) is 18.2 Å². The molecular weight excluding hydrogens is 438 g/mol. The van der Waals surface area contributed by atoms with Crippen molar-refractivity contribution in [2.75, 3.05) is 26.8 Å². The van der Waals surface area contributed by atoms with Crippen LogP contribution >= 0.6 is 0 Å². The number of benzene rings is 1. The van der Waals surface area contributed by atoms with Gasteiger partial charge in [-0.25, -0.2) is 0 Å². The van der Waals surface area contributed by atoms with Crippen LogP contribution in [0.5, 0.6) is 5.75 Å². The minimum atomic E-state index is -0.580. The summed E-state index contributed by atoms with van der Waals surface area (Å²) in [6.45, 7) is 10.9. The van der Waals surface area contributed by atoms with Gasteiger partial charge in [-0.2, -0.15) is 0 Å². The maximum Gasteiger partial charge on any atom is 0.293 e. The second kappa shape index (κ2) is 15.8. The molecule has 2 aliphatic heterocycles. The highest BCUT2D eigenvalue weighted by Crippen LogP contribution is 2.30. The number of piperidine rings is 1. The number of nitrogens with zero attached hydrogens (tertiary/aromatic N) is 1. The number of fused-ring (bicyclic) bond motifs is 1. The van der Waals surface area contributed by atoms with Crippen molar-refractivity contribution >= 4 is 24.2 Å². The molecule has 34 heavy (non-hydrogen) atoms. The maximum atomic E-state index is 12.6. The van der Waals surface area contributed by atoms with E-state index in [9.17, 15) is 19.2 Å². The summed E-state index contributed by atoms with van der Waals surface area (Å²) < 4.78 is 10.2. The number of carbonyl (C=O) groups excluding carboxylic acids is 4. The molecule has 190 valence electrons. The van der Waals surface area contributed by atoms with Crippen LogP contribution in [-0.2, 0) is 25.7 Å². The van der Waals surface area contributed by atoms with Gasteiger partial charge in [-0.15, -0.1) is 0 Å². The molecule has 2 N–H and O–H groups in total. The Morgan fingerprint density at radius 2 is 1.94 bits per heavy atom. The monoisotopic (exact) mass is 477 g/mol. The van der Waals surface area contributed by atoms with E-state index in [1.54, 1.807) is 17.0 Å². The smallest absolute Gasteiger partial charge is 0.293 e. The number of hydrogen-bond acceptors (Lipinski definition) is 7. The summed E-state index contributed by atoms with van der Waals surface area (Å²) in [7, 11) is 1.92. The molecule has 1 saturated heterocycles. The lowest BCUT2D eigenvalue weighted by molar-refractivity contribution is -0.137. The zero-order valence-electron chi connectivity index (χ0n) is 21.0. The molecule has 3 amide bonds. The summed E-state index contributed by atoms with van der Waals surface area (Å²) in [6, 6.07) is 4.84. The van der Waals surface area contributed by atoms with E-state index >= 15 is 0 Å². The van der Waals surface area contributed by atoms with Gasteiger partial charge in [0.25, 0.3) is 12.4 Å². The minimum Gasteiger partial charge on any atom is -0.494 e. The van der Waals surface area contributed by atoms with E-state index < -0.39 is 11.9 Å². The molecule has 1 fully saturated rings. The molecule has 1 unspecified atom stereocenters. The van der Waals surface area contributed by atoms with Crippen molar-refractivity contribution in [2.24, 2.45) is 5.92 Å². The predicted octanol–water partition coefficient (Wildman–Crippen LogP) is 2.67. The van der Waals surface area contributed by atoms with Crippen LogP contribution in [0.3, 0.4) is 0 Å². The van der Waals surface area contributed by atoms with Crippen molar-refractivity contribution in [3.63, 3.8) is 0 Å². The Hall–Kier alpha value is -2.94. The van der Waals surface area contributed by atoms with Gasteiger partial charge in [-0.05, 0) is 62.5 Å². The first-order chi connectivity index (χ1) is 16.4. The van der Waals surface area contributed by atoms with Crippen molar-refractivity contribution in [1.29, 1.82) is 0 Å². The van der Waals surface area contributed by atoms with Gasteiger partial charge in [-0.3, -0.25) is 24.5 Å². The standard InChI is InChI=1S/C18H23N3O4.C5H10O2.C2H6/c1-19-8-2-3-9-25-13-4-5-14-12(10-13)11-21(18(14)24)15-6-7-16(22)20-17(15)23;1-5(2)3-7-4-6;1-2/h4-5,10,15,19H,2-3,6-9,11H2,1H3,(H,20,22,23);4-5H,3H2,1-2H3;1-2H3. The minimum absolute atomic E-state index is 0.162. The largest absolute Gasteiger partial charge is 0.494 e. The summed E-state index contributed by atoms with van der Waals surface area (Å²) in [5.41, 5.74) is 1.47. The summed E-state index contributed by atoms with van der Waals surface area (Å²) >= 11 is 0. The lowest BCUT2D eigenvalue weighted by Gasteiger charge is -2.29. The topological polar surface area (TPSA) is 114 Å². The number of imide groups is 1. The zero-order valence-corrected chi connectivity index (χ0v) is 21.0. The van der Waals surface area contributed by atoms with Crippen molar-refractivity contribution in [1.82, 2.24) is 15.5 Å². The first-order valence-corrected chi connectivity index (χ1v) is 12.0. The lowest BCUT2D eigenvalue weighted by atomic mass is 10.0. The van der Waals surface area contributed by atoms with Crippen LogP contribution in [0.25, 0.3) is 0 Å². The fraction of sp³-hybridized carbons (Fsp3) is 0.600.